The van der Waals surface area contributed by atoms with Gasteiger partial charge in [-0.05, 0) is 48.0 Å². The molecular weight excluding hydrogens is 490 g/mol. The number of carbonyl (C=O) groups excluding carboxylic acids is 2. The van der Waals surface area contributed by atoms with Gasteiger partial charge in [-0.1, -0.05) is 42.5 Å². The number of urea groups is 1. The van der Waals surface area contributed by atoms with Gasteiger partial charge in [0.05, 0.1) is 5.69 Å². The molecule has 0 atom stereocenters. The van der Waals surface area contributed by atoms with E-state index in [2.05, 4.69) is 43.0 Å². The number of aromatic nitrogens is 2. The first-order valence-electron chi connectivity index (χ1n) is 12.9. The molecular formula is C30H31N7O2. The molecule has 0 bridgehead atoms. The van der Waals surface area contributed by atoms with Gasteiger partial charge in [-0.3, -0.25) is 4.79 Å². The van der Waals surface area contributed by atoms with Gasteiger partial charge in [-0.25, -0.2) is 14.8 Å². The molecule has 3 amide bonds. The lowest BCUT2D eigenvalue weighted by atomic mass is 10.1. The van der Waals surface area contributed by atoms with Crippen LogP contribution in [0.25, 0.3) is 11.3 Å². The van der Waals surface area contributed by atoms with Gasteiger partial charge in [0, 0.05) is 68.5 Å². The Hall–Kier alpha value is -4.92. The molecule has 198 valence electrons. The maximum atomic E-state index is 12.6. The normalized spacial score (nSPS) is 13.1. The predicted molar refractivity (Wildman–Crippen MR) is 154 cm³/mol. The van der Waals surface area contributed by atoms with Crippen LogP contribution in [0.5, 0.6) is 0 Å². The van der Waals surface area contributed by atoms with E-state index < -0.39 is 0 Å². The molecule has 4 aromatic rings. The zero-order chi connectivity index (χ0) is 27.0. The molecule has 0 unspecified atom stereocenters. The molecule has 0 radical (unpaired) electrons. The van der Waals surface area contributed by atoms with Crippen LogP contribution in [-0.4, -0.2) is 53.0 Å². The molecule has 1 aromatic heterocycles. The van der Waals surface area contributed by atoms with E-state index in [4.69, 9.17) is 0 Å². The maximum absolute atomic E-state index is 12.6. The molecule has 1 fully saturated rings. The summed E-state index contributed by atoms with van der Waals surface area (Å²) in [5.74, 6) is 0.396. The van der Waals surface area contributed by atoms with Crippen molar-refractivity contribution < 1.29 is 9.59 Å². The van der Waals surface area contributed by atoms with Crippen LogP contribution >= 0.6 is 0 Å². The third-order valence-corrected chi connectivity index (χ3v) is 6.50. The second-order valence-corrected chi connectivity index (χ2v) is 9.31. The Morgan fingerprint density at radius 1 is 0.821 bits per heavy atom. The van der Waals surface area contributed by atoms with Crippen molar-refractivity contribution in [3.05, 3.63) is 96.7 Å². The highest BCUT2D eigenvalue weighted by atomic mass is 16.2. The quantitative estimate of drug-likeness (QED) is 0.321. The standard InChI is InChI=1S/C30H31N7O2/c1-22(38)33-25-9-7-24(8-10-25)28-15-16-31-29(35-28)34-26-11-13-27(14-12-26)36-17-19-37(20-18-36)30(39)32-21-23-5-3-2-4-6-23/h2-16H,17-21H2,1H3,(H,32,39)(H,33,38)(H,31,34,35). The molecule has 1 saturated heterocycles. The smallest absolute Gasteiger partial charge is 0.317 e. The van der Waals surface area contributed by atoms with Crippen molar-refractivity contribution in [1.29, 1.82) is 0 Å². The summed E-state index contributed by atoms with van der Waals surface area (Å²) in [7, 11) is 0. The fraction of sp³-hybridized carbons (Fsp3) is 0.200. The lowest BCUT2D eigenvalue weighted by molar-refractivity contribution is -0.114. The van der Waals surface area contributed by atoms with Crippen LogP contribution in [0.2, 0.25) is 0 Å². The molecule has 2 heterocycles. The highest BCUT2D eigenvalue weighted by molar-refractivity contribution is 5.88. The topological polar surface area (TPSA) is 102 Å². The first-order valence-corrected chi connectivity index (χ1v) is 12.9. The zero-order valence-corrected chi connectivity index (χ0v) is 21.8. The van der Waals surface area contributed by atoms with Gasteiger partial charge in [-0.2, -0.15) is 0 Å². The van der Waals surface area contributed by atoms with E-state index >= 15 is 0 Å². The van der Waals surface area contributed by atoms with Crippen molar-refractivity contribution in [2.24, 2.45) is 0 Å². The molecule has 3 aromatic carbocycles. The van der Waals surface area contributed by atoms with Crippen molar-refractivity contribution in [3.8, 4) is 11.3 Å². The van der Waals surface area contributed by atoms with Gasteiger partial charge >= 0.3 is 6.03 Å². The lowest BCUT2D eigenvalue weighted by Crippen LogP contribution is -2.51. The third kappa shape index (κ3) is 6.89. The lowest BCUT2D eigenvalue weighted by Gasteiger charge is -2.36. The molecule has 9 nitrogen and oxygen atoms in total. The van der Waals surface area contributed by atoms with Crippen molar-refractivity contribution in [3.63, 3.8) is 0 Å². The molecule has 1 aliphatic rings. The summed E-state index contributed by atoms with van der Waals surface area (Å²) in [4.78, 5) is 36.9. The molecule has 1 aliphatic heterocycles. The molecule has 0 saturated carbocycles. The van der Waals surface area contributed by atoms with Crippen LogP contribution in [-0.2, 0) is 11.3 Å². The molecule has 0 spiro atoms. The van der Waals surface area contributed by atoms with Gasteiger partial charge in [0.15, 0.2) is 0 Å². The first kappa shape index (κ1) is 25.7. The molecule has 39 heavy (non-hydrogen) atoms. The minimum absolute atomic E-state index is 0.0241. The van der Waals surface area contributed by atoms with Crippen LogP contribution < -0.4 is 20.9 Å². The van der Waals surface area contributed by atoms with E-state index in [0.29, 0.717) is 25.6 Å². The Bertz CT molecular complexity index is 1400. The second kappa shape index (κ2) is 12.1. The summed E-state index contributed by atoms with van der Waals surface area (Å²) in [5.41, 5.74) is 5.54. The largest absolute Gasteiger partial charge is 0.368 e. The summed E-state index contributed by atoms with van der Waals surface area (Å²) >= 11 is 0. The fourth-order valence-corrected chi connectivity index (χ4v) is 4.45. The minimum Gasteiger partial charge on any atom is -0.368 e. The minimum atomic E-state index is -0.105. The van der Waals surface area contributed by atoms with Gasteiger partial charge in [0.1, 0.15) is 0 Å². The number of rotatable bonds is 7. The van der Waals surface area contributed by atoms with E-state index in [9.17, 15) is 9.59 Å². The Balaban J connectivity index is 1.13. The molecule has 5 rings (SSSR count). The number of amides is 3. The van der Waals surface area contributed by atoms with Crippen LogP contribution in [0.4, 0.5) is 27.8 Å². The number of anilines is 4. The van der Waals surface area contributed by atoms with E-state index in [1.54, 1.807) is 6.20 Å². The summed E-state index contributed by atoms with van der Waals surface area (Å²) in [5, 5.41) is 9.05. The highest BCUT2D eigenvalue weighted by Crippen LogP contribution is 2.24. The number of benzene rings is 3. The average Bonchev–Trinajstić information content (AvgIpc) is 2.97. The second-order valence-electron chi connectivity index (χ2n) is 9.31. The van der Waals surface area contributed by atoms with Crippen LogP contribution in [0.1, 0.15) is 12.5 Å². The van der Waals surface area contributed by atoms with Crippen LogP contribution in [0.3, 0.4) is 0 Å². The van der Waals surface area contributed by atoms with Gasteiger partial charge in [-0.15, -0.1) is 0 Å². The van der Waals surface area contributed by atoms with Gasteiger partial charge in [0.2, 0.25) is 11.9 Å². The van der Waals surface area contributed by atoms with Crippen molar-refractivity contribution in [2.75, 3.05) is 41.7 Å². The summed E-state index contributed by atoms with van der Waals surface area (Å²) in [6.45, 7) is 4.92. The first-order chi connectivity index (χ1) is 19.0. The zero-order valence-electron chi connectivity index (χ0n) is 21.8. The number of hydrogen-bond acceptors (Lipinski definition) is 6. The molecule has 3 N–H and O–H groups in total. The van der Waals surface area contributed by atoms with Gasteiger partial charge < -0.3 is 25.8 Å². The fourth-order valence-electron chi connectivity index (χ4n) is 4.45. The number of piperazine rings is 1. The Morgan fingerprint density at radius 3 is 2.21 bits per heavy atom. The predicted octanol–water partition coefficient (Wildman–Crippen LogP) is 4.88. The van der Waals surface area contributed by atoms with E-state index in [1.165, 1.54) is 6.92 Å². The SMILES string of the molecule is CC(=O)Nc1ccc(-c2ccnc(Nc3ccc(N4CCN(C(=O)NCc5ccccc5)CC4)cc3)n2)cc1. The number of hydrogen-bond donors (Lipinski definition) is 3. The molecule has 9 heteroatoms. The number of nitrogens with zero attached hydrogens (tertiary/aromatic N) is 4. The summed E-state index contributed by atoms with van der Waals surface area (Å²) < 4.78 is 0. The third-order valence-electron chi connectivity index (χ3n) is 6.50. The van der Waals surface area contributed by atoms with Crippen LogP contribution in [0, 0.1) is 0 Å². The summed E-state index contributed by atoms with van der Waals surface area (Å²) in [6, 6.07) is 27.4. The van der Waals surface area contributed by atoms with Crippen molar-refractivity contribution >= 4 is 34.9 Å². The Morgan fingerprint density at radius 2 is 1.51 bits per heavy atom. The van der Waals surface area contributed by atoms with Crippen molar-refractivity contribution in [1.82, 2.24) is 20.2 Å². The number of carbonyl (C=O) groups is 2. The monoisotopic (exact) mass is 521 g/mol. The van der Waals surface area contributed by atoms with Crippen LogP contribution in [0.15, 0.2) is 91.1 Å². The summed E-state index contributed by atoms with van der Waals surface area (Å²) in [6.07, 6.45) is 1.72. The maximum Gasteiger partial charge on any atom is 0.317 e. The Kier molecular flexibility index (Phi) is 7.97. The van der Waals surface area contributed by atoms with E-state index in [0.717, 1.165) is 47.0 Å². The number of nitrogens with one attached hydrogen (secondary N) is 3. The Labute approximate surface area is 227 Å². The highest BCUT2D eigenvalue weighted by Gasteiger charge is 2.21. The van der Waals surface area contributed by atoms with Crippen molar-refractivity contribution in [2.45, 2.75) is 13.5 Å². The molecule has 0 aliphatic carbocycles. The van der Waals surface area contributed by atoms with E-state index in [-0.39, 0.29) is 11.9 Å². The average molecular weight is 522 g/mol. The van der Waals surface area contributed by atoms with E-state index in [1.807, 2.05) is 77.7 Å². The van der Waals surface area contributed by atoms with Gasteiger partial charge in [0.25, 0.3) is 0 Å².